The van der Waals surface area contributed by atoms with Gasteiger partial charge >= 0.3 is 0 Å². The molecule has 134 valence electrons. The zero-order valence-corrected chi connectivity index (χ0v) is 15.3. The number of aromatic nitrogens is 2. The molecule has 1 unspecified atom stereocenters. The van der Waals surface area contributed by atoms with Crippen LogP contribution in [0.3, 0.4) is 0 Å². The van der Waals surface area contributed by atoms with Gasteiger partial charge < -0.3 is 9.47 Å². The summed E-state index contributed by atoms with van der Waals surface area (Å²) in [6, 6.07) is 12.6. The second-order valence-electron chi connectivity index (χ2n) is 7.17. The van der Waals surface area contributed by atoms with Gasteiger partial charge in [-0.1, -0.05) is 24.3 Å². The molecule has 4 nitrogen and oxygen atoms in total. The third kappa shape index (κ3) is 3.24. The van der Waals surface area contributed by atoms with Gasteiger partial charge in [0.25, 0.3) is 0 Å². The molecule has 4 rings (SSSR count). The SMILES string of the molecule is Cn1cc(CCC(=O)N2CCCCC2c2cccnc2)c2ccccc21. The Kier molecular flexibility index (Phi) is 4.74. The largest absolute Gasteiger partial charge is 0.350 e. The monoisotopic (exact) mass is 347 g/mol. The zero-order chi connectivity index (χ0) is 17.9. The van der Waals surface area contributed by atoms with Crippen molar-refractivity contribution in [3.63, 3.8) is 0 Å². The van der Waals surface area contributed by atoms with Crippen LogP contribution in [0.15, 0.2) is 55.0 Å². The van der Waals surface area contributed by atoms with E-state index in [0.717, 1.165) is 31.4 Å². The van der Waals surface area contributed by atoms with Crippen molar-refractivity contribution in [3.05, 3.63) is 66.1 Å². The molecular weight excluding hydrogens is 322 g/mol. The normalized spacial score (nSPS) is 17.6. The fourth-order valence-electron chi connectivity index (χ4n) is 4.16. The number of nitrogens with zero attached hydrogens (tertiary/aromatic N) is 3. The Labute approximate surface area is 154 Å². The van der Waals surface area contributed by atoms with E-state index in [4.69, 9.17) is 0 Å². The maximum atomic E-state index is 13.0. The average Bonchev–Trinajstić information content (AvgIpc) is 3.03. The van der Waals surface area contributed by atoms with Gasteiger partial charge in [-0.05, 0) is 48.9 Å². The molecular formula is C22H25N3O. The fourth-order valence-corrected chi connectivity index (χ4v) is 4.16. The Hall–Kier alpha value is -2.62. The number of fused-ring (bicyclic) bond motifs is 1. The third-order valence-corrected chi connectivity index (χ3v) is 5.48. The number of carbonyl (C=O) groups excluding carboxylic acids is 1. The van der Waals surface area contributed by atoms with E-state index in [2.05, 4.69) is 58.0 Å². The number of piperidine rings is 1. The van der Waals surface area contributed by atoms with Crippen molar-refractivity contribution in [2.75, 3.05) is 6.54 Å². The van der Waals surface area contributed by atoms with E-state index in [1.54, 1.807) is 6.20 Å². The van der Waals surface area contributed by atoms with Crippen molar-refractivity contribution in [2.24, 2.45) is 7.05 Å². The van der Waals surface area contributed by atoms with Gasteiger partial charge in [-0.25, -0.2) is 0 Å². The fraction of sp³-hybridized carbons (Fsp3) is 0.364. The number of aryl methyl sites for hydroxylation is 2. The maximum absolute atomic E-state index is 13.0. The molecule has 0 bridgehead atoms. The molecule has 0 aliphatic carbocycles. The van der Waals surface area contributed by atoms with E-state index < -0.39 is 0 Å². The highest BCUT2D eigenvalue weighted by molar-refractivity contribution is 5.85. The second-order valence-corrected chi connectivity index (χ2v) is 7.17. The third-order valence-electron chi connectivity index (χ3n) is 5.48. The first kappa shape index (κ1) is 16.8. The number of para-hydroxylation sites is 1. The predicted octanol–water partition coefficient (Wildman–Crippen LogP) is 4.26. The highest BCUT2D eigenvalue weighted by Gasteiger charge is 2.27. The summed E-state index contributed by atoms with van der Waals surface area (Å²) >= 11 is 0. The van der Waals surface area contributed by atoms with Gasteiger partial charge in [0.15, 0.2) is 0 Å². The van der Waals surface area contributed by atoms with E-state index in [9.17, 15) is 4.79 Å². The van der Waals surface area contributed by atoms with Crippen LogP contribution in [-0.4, -0.2) is 26.9 Å². The summed E-state index contributed by atoms with van der Waals surface area (Å²) in [6.07, 6.45) is 10.5. The van der Waals surface area contributed by atoms with Gasteiger partial charge in [0.05, 0.1) is 6.04 Å². The number of pyridine rings is 1. The van der Waals surface area contributed by atoms with Crippen molar-refractivity contribution in [3.8, 4) is 0 Å². The summed E-state index contributed by atoms with van der Waals surface area (Å²) in [4.78, 5) is 19.3. The number of benzene rings is 1. The first-order valence-corrected chi connectivity index (χ1v) is 9.46. The minimum atomic E-state index is 0.178. The van der Waals surface area contributed by atoms with Gasteiger partial charge in [0.1, 0.15) is 0 Å². The molecule has 4 heteroatoms. The molecule has 1 aliphatic rings. The van der Waals surface area contributed by atoms with Crippen LogP contribution < -0.4 is 0 Å². The Morgan fingerprint density at radius 1 is 1.19 bits per heavy atom. The molecule has 0 saturated carbocycles. The van der Waals surface area contributed by atoms with Crippen LogP contribution in [0.5, 0.6) is 0 Å². The summed E-state index contributed by atoms with van der Waals surface area (Å²) in [7, 11) is 2.07. The standard InChI is InChI=1S/C22H25N3O/c1-24-16-18(19-8-2-3-10-21(19)24)11-12-22(26)25-14-5-4-9-20(25)17-7-6-13-23-15-17/h2-3,6-8,10,13,15-16,20H,4-5,9,11-12,14H2,1H3. The molecule has 1 aliphatic heterocycles. The first-order chi connectivity index (χ1) is 12.7. The quantitative estimate of drug-likeness (QED) is 0.707. The lowest BCUT2D eigenvalue weighted by atomic mass is 9.95. The Balaban J connectivity index is 1.49. The minimum Gasteiger partial charge on any atom is -0.350 e. The van der Waals surface area contributed by atoms with Gasteiger partial charge in [-0.3, -0.25) is 9.78 Å². The molecule has 0 radical (unpaired) electrons. The van der Waals surface area contributed by atoms with Gasteiger partial charge in [-0.15, -0.1) is 0 Å². The number of hydrogen-bond donors (Lipinski definition) is 0. The molecule has 26 heavy (non-hydrogen) atoms. The zero-order valence-electron chi connectivity index (χ0n) is 15.3. The summed E-state index contributed by atoms with van der Waals surface area (Å²) in [5, 5.41) is 1.25. The summed E-state index contributed by atoms with van der Waals surface area (Å²) < 4.78 is 2.15. The van der Waals surface area contributed by atoms with E-state index in [-0.39, 0.29) is 11.9 Å². The van der Waals surface area contributed by atoms with Crippen molar-refractivity contribution in [2.45, 2.75) is 38.1 Å². The molecule has 1 saturated heterocycles. The molecule has 1 aromatic carbocycles. The van der Waals surface area contributed by atoms with Gasteiger partial charge in [-0.2, -0.15) is 0 Å². The van der Waals surface area contributed by atoms with Gasteiger partial charge in [0.2, 0.25) is 5.91 Å². The molecule has 1 atom stereocenters. The topological polar surface area (TPSA) is 38.1 Å². The smallest absolute Gasteiger partial charge is 0.223 e. The van der Waals surface area contributed by atoms with Crippen molar-refractivity contribution < 1.29 is 4.79 Å². The van der Waals surface area contributed by atoms with E-state index in [1.807, 2.05) is 12.3 Å². The molecule has 0 spiro atoms. The molecule has 2 aromatic heterocycles. The van der Waals surface area contributed by atoms with E-state index in [1.165, 1.54) is 22.9 Å². The van der Waals surface area contributed by atoms with Crippen LogP contribution in [0.2, 0.25) is 0 Å². The van der Waals surface area contributed by atoms with Crippen LogP contribution in [0.4, 0.5) is 0 Å². The average molecular weight is 347 g/mol. The lowest BCUT2D eigenvalue weighted by Gasteiger charge is -2.36. The van der Waals surface area contributed by atoms with Crippen molar-refractivity contribution in [1.82, 2.24) is 14.5 Å². The van der Waals surface area contributed by atoms with Crippen LogP contribution >= 0.6 is 0 Å². The van der Waals surface area contributed by atoms with Crippen molar-refractivity contribution in [1.29, 1.82) is 0 Å². The second kappa shape index (κ2) is 7.32. The number of carbonyl (C=O) groups is 1. The molecule has 1 amide bonds. The lowest BCUT2D eigenvalue weighted by molar-refractivity contribution is -0.135. The Bertz CT molecular complexity index is 900. The summed E-state index contributed by atoms with van der Waals surface area (Å²) in [5.74, 6) is 0.256. The number of hydrogen-bond acceptors (Lipinski definition) is 2. The van der Waals surface area contributed by atoms with Crippen LogP contribution in [0, 0.1) is 0 Å². The van der Waals surface area contributed by atoms with E-state index >= 15 is 0 Å². The number of likely N-dealkylation sites (tertiary alicyclic amines) is 1. The summed E-state index contributed by atoms with van der Waals surface area (Å²) in [5.41, 5.74) is 3.64. The van der Waals surface area contributed by atoms with Gasteiger partial charge in [0, 0.05) is 49.5 Å². The van der Waals surface area contributed by atoms with Crippen LogP contribution in [-0.2, 0) is 18.3 Å². The highest BCUT2D eigenvalue weighted by Crippen LogP contribution is 2.31. The molecule has 3 aromatic rings. The molecule has 0 N–H and O–H groups in total. The Morgan fingerprint density at radius 3 is 2.92 bits per heavy atom. The summed E-state index contributed by atoms with van der Waals surface area (Å²) in [6.45, 7) is 0.855. The Morgan fingerprint density at radius 2 is 2.08 bits per heavy atom. The maximum Gasteiger partial charge on any atom is 0.223 e. The van der Waals surface area contributed by atoms with E-state index in [0.29, 0.717) is 6.42 Å². The molecule has 1 fully saturated rings. The van der Waals surface area contributed by atoms with Crippen LogP contribution in [0.1, 0.15) is 42.9 Å². The lowest BCUT2D eigenvalue weighted by Crippen LogP contribution is -2.38. The predicted molar refractivity (Wildman–Crippen MR) is 104 cm³/mol. The molecule has 3 heterocycles. The van der Waals surface area contributed by atoms with Crippen LogP contribution in [0.25, 0.3) is 10.9 Å². The number of amides is 1. The highest BCUT2D eigenvalue weighted by atomic mass is 16.2. The first-order valence-electron chi connectivity index (χ1n) is 9.46. The van der Waals surface area contributed by atoms with Crippen molar-refractivity contribution >= 4 is 16.8 Å². The number of rotatable bonds is 4. The minimum absolute atomic E-state index is 0.178.